The first-order chi connectivity index (χ1) is 12.6. The zero-order chi connectivity index (χ0) is 18.5. The van der Waals surface area contributed by atoms with Crippen LogP contribution < -0.4 is 9.47 Å². The van der Waals surface area contributed by atoms with Crippen LogP contribution in [0.4, 0.5) is 0 Å². The number of amides is 1. The molecule has 0 radical (unpaired) electrons. The lowest BCUT2D eigenvalue weighted by molar-refractivity contribution is 0.0777. The molecule has 0 saturated heterocycles. The van der Waals surface area contributed by atoms with Gasteiger partial charge in [-0.2, -0.15) is 9.90 Å². The highest BCUT2D eigenvalue weighted by Gasteiger charge is 2.19. The summed E-state index contributed by atoms with van der Waals surface area (Å²) in [5.41, 5.74) is 1.92. The Bertz CT molecular complexity index is 893. The van der Waals surface area contributed by atoms with Crippen LogP contribution in [-0.2, 0) is 6.54 Å². The van der Waals surface area contributed by atoms with E-state index in [4.69, 9.17) is 9.47 Å². The second-order valence-electron chi connectivity index (χ2n) is 5.67. The van der Waals surface area contributed by atoms with Gasteiger partial charge in [0.25, 0.3) is 5.91 Å². The topological polar surface area (TPSA) is 69.5 Å². The van der Waals surface area contributed by atoms with E-state index in [1.54, 1.807) is 26.2 Å². The maximum absolute atomic E-state index is 12.7. The third-order valence-electron chi connectivity index (χ3n) is 3.94. The van der Waals surface area contributed by atoms with Gasteiger partial charge in [-0.05, 0) is 18.2 Å². The smallest absolute Gasteiger partial charge is 0.276 e. The van der Waals surface area contributed by atoms with Crippen LogP contribution in [-0.4, -0.2) is 47.1 Å². The highest BCUT2D eigenvalue weighted by molar-refractivity contribution is 5.91. The Morgan fingerprint density at radius 1 is 1.08 bits per heavy atom. The molecule has 0 bridgehead atoms. The number of carbonyl (C=O) groups is 1. The summed E-state index contributed by atoms with van der Waals surface area (Å²) in [5.74, 6) is 1.01. The highest BCUT2D eigenvalue weighted by atomic mass is 16.5. The molecule has 2 aromatic carbocycles. The van der Waals surface area contributed by atoms with E-state index in [1.807, 2.05) is 48.5 Å². The molecule has 134 valence electrons. The average molecular weight is 352 g/mol. The van der Waals surface area contributed by atoms with Gasteiger partial charge < -0.3 is 14.4 Å². The molecule has 3 aromatic rings. The van der Waals surface area contributed by atoms with Gasteiger partial charge in [-0.25, -0.2) is 0 Å². The number of ether oxygens (including phenoxy) is 2. The molecular formula is C19H20N4O3. The zero-order valence-electron chi connectivity index (χ0n) is 14.9. The molecule has 3 rings (SSSR count). The summed E-state index contributed by atoms with van der Waals surface area (Å²) in [5, 5.41) is 8.45. The van der Waals surface area contributed by atoms with Gasteiger partial charge in [0.2, 0.25) is 0 Å². The van der Waals surface area contributed by atoms with Crippen LogP contribution in [0.1, 0.15) is 16.1 Å². The number of hydrogen-bond donors (Lipinski definition) is 0. The van der Waals surface area contributed by atoms with Gasteiger partial charge in [-0.15, -0.1) is 5.10 Å². The van der Waals surface area contributed by atoms with Gasteiger partial charge in [0, 0.05) is 19.2 Å². The van der Waals surface area contributed by atoms with Gasteiger partial charge >= 0.3 is 0 Å². The molecule has 0 spiro atoms. The predicted octanol–water partition coefficient (Wildman–Crippen LogP) is 2.56. The van der Waals surface area contributed by atoms with E-state index in [-0.39, 0.29) is 11.6 Å². The molecule has 0 fully saturated rings. The maximum atomic E-state index is 12.7. The summed E-state index contributed by atoms with van der Waals surface area (Å²) in [4.78, 5) is 15.7. The fraction of sp³-hybridized carbons (Fsp3) is 0.211. The van der Waals surface area contributed by atoms with Gasteiger partial charge in [-0.1, -0.05) is 30.3 Å². The summed E-state index contributed by atoms with van der Waals surface area (Å²) >= 11 is 0. The number of benzene rings is 2. The van der Waals surface area contributed by atoms with Crippen molar-refractivity contribution in [2.24, 2.45) is 0 Å². The lowest BCUT2D eigenvalue weighted by atomic mass is 10.1. The van der Waals surface area contributed by atoms with Gasteiger partial charge in [-0.3, -0.25) is 4.79 Å². The molecule has 0 atom stereocenters. The molecule has 26 heavy (non-hydrogen) atoms. The Morgan fingerprint density at radius 2 is 1.85 bits per heavy atom. The van der Waals surface area contributed by atoms with Crippen LogP contribution in [0.25, 0.3) is 5.69 Å². The molecule has 0 N–H and O–H groups in total. The fourth-order valence-electron chi connectivity index (χ4n) is 2.65. The maximum Gasteiger partial charge on any atom is 0.276 e. The second-order valence-corrected chi connectivity index (χ2v) is 5.67. The van der Waals surface area contributed by atoms with Crippen LogP contribution in [0, 0.1) is 0 Å². The van der Waals surface area contributed by atoms with E-state index in [0.717, 1.165) is 11.3 Å². The van der Waals surface area contributed by atoms with E-state index in [1.165, 1.54) is 11.0 Å². The summed E-state index contributed by atoms with van der Waals surface area (Å²) < 4.78 is 10.7. The molecule has 7 nitrogen and oxygen atoms in total. The molecular weight excluding hydrogens is 332 g/mol. The van der Waals surface area contributed by atoms with Crippen molar-refractivity contribution >= 4 is 5.91 Å². The van der Waals surface area contributed by atoms with Gasteiger partial charge in [0.05, 0.1) is 26.1 Å². The Balaban J connectivity index is 1.78. The van der Waals surface area contributed by atoms with E-state index in [2.05, 4.69) is 10.2 Å². The number of hydrogen-bond acceptors (Lipinski definition) is 5. The first kappa shape index (κ1) is 17.5. The normalized spacial score (nSPS) is 10.4. The molecule has 0 aliphatic rings. The Kier molecular flexibility index (Phi) is 5.17. The minimum atomic E-state index is -0.225. The van der Waals surface area contributed by atoms with Crippen LogP contribution in [0.15, 0.2) is 54.7 Å². The number of carbonyl (C=O) groups excluding carboxylic acids is 1. The SMILES string of the molecule is COc1cccc(CN(C)C(=O)c2cnn(-c3ccccc3)n2)c1OC. The minimum absolute atomic E-state index is 0.225. The molecule has 1 aromatic heterocycles. The van der Waals surface area contributed by atoms with Crippen molar-refractivity contribution in [3.8, 4) is 17.2 Å². The highest BCUT2D eigenvalue weighted by Crippen LogP contribution is 2.31. The summed E-state index contributed by atoms with van der Waals surface area (Å²) in [7, 11) is 4.87. The monoisotopic (exact) mass is 352 g/mol. The van der Waals surface area contributed by atoms with Crippen molar-refractivity contribution in [1.82, 2.24) is 19.9 Å². The van der Waals surface area contributed by atoms with Crippen molar-refractivity contribution < 1.29 is 14.3 Å². The summed E-state index contributed by atoms with van der Waals surface area (Å²) in [6, 6.07) is 15.0. The Morgan fingerprint density at radius 3 is 2.54 bits per heavy atom. The van der Waals surface area contributed by atoms with Gasteiger partial charge in [0.1, 0.15) is 0 Å². The number of nitrogens with zero attached hydrogens (tertiary/aromatic N) is 4. The third kappa shape index (κ3) is 3.51. The minimum Gasteiger partial charge on any atom is -0.493 e. The Hall–Kier alpha value is -3.35. The predicted molar refractivity (Wildman–Crippen MR) is 96.7 cm³/mol. The lowest BCUT2D eigenvalue weighted by Gasteiger charge is -2.19. The fourth-order valence-corrected chi connectivity index (χ4v) is 2.65. The van der Waals surface area contributed by atoms with Crippen molar-refractivity contribution in [3.05, 3.63) is 66.0 Å². The number of para-hydroxylation sites is 2. The largest absolute Gasteiger partial charge is 0.493 e. The lowest BCUT2D eigenvalue weighted by Crippen LogP contribution is -2.27. The van der Waals surface area contributed by atoms with E-state index >= 15 is 0 Å². The van der Waals surface area contributed by atoms with E-state index in [9.17, 15) is 4.79 Å². The molecule has 1 heterocycles. The quantitative estimate of drug-likeness (QED) is 0.682. The van der Waals surface area contributed by atoms with Crippen molar-refractivity contribution in [3.63, 3.8) is 0 Å². The Labute approximate surface area is 151 Å². The number of aromatic nitrogens is 3. The molecule has 0 unspecified atom stereocenters. The van der Waals surface area contributed by atoms with Crippen molar-refractivity contribution in [1.29, 1.82) is 0 Å². The molecule has 0 saturated carbocycles. The molecule has 1 amide bonds. The average Bonchev–Trinajstić information content (AvgIpc) is 3.18. The van der Waals surface area contributed by atoms with Crippen LogP contribution in [0.5, 0.6) is 11.5 Å². The standard InChI is InChI=1S/C19H20N4O3/c1-22(13-14-8-7-11-17(25-2)18(14)26-3)19(24)16-12-20-23(21-16)15-9-5-4-6-10-15/h4-12H,13H2,1-3H3. The summed E-state index contributed by atoms with van der Waals surface area (Å²) in [6.45, 7) is 0.359. The van der Waals surface area contributed by atoms with Crippen molar-refractivity contribution in [2.75, 3.05) is 21.3 Å². The van der Waals surface area contributed by atoms with E-state index in [0.29, 0.717) is 18.0 Å². The molecule has 7 heteroatoms. The first-order valence-corrected chi connectivity index (χ1v) is 8.07. The van der Waals surface area contributed by atoms with E-state index < -0.39 is 0 Å². The van der Waals surface area contributed by atoms with Crippen LogP contribution in [0.2, 0.25) is 0 Å². The second kappa shape index (κ2) is 7.69. The first-order valence-electron chi connectivity index (χ1n) is 8.07. The van der Waals surface area contributed by atoms with Crippen molar-refractivity contribution in [2.45, 2.75) is 6.54 Å². The molecule has 0 aliphatic carbocycles. The van der Waals surface area contributed by atoms with Crippen LogP contribution in [0.3, 0.4) is 0 Å². The number of methoxy groups -OCH3 is 2. The third-order valence-corrected chi connectivity index (χ3v) is 3.94. The zero-order valence-corrected chi connectivity index (χ0v) is 14.9. The van der Waals surface area contributed by atoms with Crippen LogP contribution >= 0.6 is 0 Å². The van der Waals surface area contributed by atoms with Gasteiger partial charge in [0.15, 0.2) is 17.2 Å². The summed E-state index contributed by atoms with van der Waals surface area (Å²) in [6.07, 6.45) is 1.47. The number of rotatable bonds is 6. The molecule has 0 aliphatic heterocycles.